The summed E-state index contributed by atoms with van der Waals surface area (Å²) in [7, 11) is 3.64. The van der Waals surface area contributed by atoms with E-state index in [-0.39, 0.29) is 0 Å². The van der Waals surface area contributed by atoms with Crippen LogP contribution in [0.3, 0.4) is 0 Å². The van der Waals surface area contributed by atoms with Crippen LogP contribution in [-0.2, 0) is 18.3 Å². The minimum atomic E-state index is 0.672. The van der Waals surface area contributed by atoms with Gasteiger partial charge in [-0.15, -0.1) is 0 Å². The Labute approximate surface area is 95.6 Å². The molecule has 0 fully saturated rings. The van der Waals surface area contributed by atoms with Gasteiger partial charge in [0.25, 0.3) is 0 Å². The van der Waals surface area contributed by atoms with Crippen molar-refractivity contribution in [2.45, 2.75) is 19.4 Å². The predicted molar refractivity (Wildman–Crippen MR) is 61.0 cm³/mol. The number of methoxy groups -OCH3 is 1. The average Bonchev–Trinajstić information content (AvgIpc) is 2.54. The number of unbranched alkanes of at least 4 members (excludes halogenated alkanes) is 1. The third-order valence-corrected chi connectivity index (χ3v) is 2.61. The van der Waals surface area contributed by atoms with Gasteiger partial charge in [-0.1, -0.05) is 11.6 Å². The number of halogens is 1. The maximum atomic E-state index is 5.87. The fourth-order valence-corrected chi connectivity index (χ4v) is 1.43. The average molecular weight is 232 g/mol. The molecule has 0 atom stereocenters. The van der Waals surface area contributed by atoms with E-state index < -0.39 is 0 Å². The maximum Gasteiger partial charge on any atom is 0.128 e. The summed E-state index contributed by atoms with van der Waals surface area (Å²) < 4.78 is 6.85. The van der Waals surface area contributed by atoms with Crippen LogP contribution in [0, 0.1) is 0 Å². The first-order chi connectivity index (χ1) is 7.25. The fraction of sp³-hybridized carbons (Fsp3) is 0.700. The van der Waals surface area contributed by atoms with Crippen molar-refractivity contribution in [2.24, 2.45) is 7.05 Å². The molecule has 0 aromatic carbocycles. The van der Waals surface area contributed by atoms with Gasteiger partial charge < -0.3 is 14.6 Å². The Morgan fingerprint density at radius 2 is 2.33 bits per heavy atom. The van der Waals surface area contributed by atoms with Crippen molar-refractivity contribution < 1.29 is 4.74 Å². The lowest BCUT2D eigenvalue weighted by molar-refractivity contribution is 0.192. The van der Waals surface area contributed by atoms with Crippen LogP contribution in [-0.4, -0.2) is 29.8 Å². The van der Waals surface area contributed by atoms with Gasteiger partial charge in [0.1, 0.15) is 11.0 Å². The van der Waals surface area contributed by atoms with Gasteiger partial charge in [-0.25, -0.2) is 4.98 Å². The predicted octanol–water partition coefficient (Wildman–Crippen LogP) is 1.59. The highest BCUT2D eigenvalue weighted by Crippen LogP contribution is 2.08. The highest BCUT2D eigenvalue weighted by Gasteiger charge is 2.02. The normalized spacial score (nSPS) is 10.9. The summed E-state index contributed by atoms with van der Waals surface area (Å²) in [6.07, 6.45) is 3.88. The van der Waals surface area contributed by atoms with E-state index in [2.05, 4.69) is 10.3 Å². The molecule has 0 aliphatic carbocycles. The Morgan fingerprint density at radius 1 is 1.53 bits per heavy atom. The van der Waals surface area contributed by atoms with Crippen molar-refractivity contribution in [1.82, 2.24) is 14.9 Å². The molecule has 0 saturated heterocycles. The van der Waals surface area contributed by atoms with Crippen molar-refractivity contribution in [3.63, 3.8) is 0 Å². The van der Waals surface area contributed by atoms with Crippen LogP contribution in [0.1, 0.15) is 18.7 Å². The molecule has 0 spiro atoms. The van der Waals surface area contributed by atoms with Crippen molar-refractivity contribution in [2.75, 3.05) is 20.3 Å². The van der Waals surface area contributed by atoms with Crippen LogP contribution in [0.25, 0.3) is 0 Å². The highest BCUT2D eigenvalue weighted by atomic mass is 35.5. The van der Waals surface area contributed by atoms with E-state index in [4.69, 9.17) is 16.3 Å². The highest BCUT2D eigenvalue weighted by molar-refractivity contribution is 6.29. The first kappa shape index (κ1) is 12.5. The molecule has 0 bridgehead atoms. The second-order valence-corrected chi connectivity index (χ2v) is 3.82. The maximum absolute atomic E-state index is 5.87. The summed E-state index contributed by atoms with van der Waals surface area (Å²) >= 11 is 5.87. The van der Waals surface area contributed by atoms with Crippen LogP contribution in [0.2, 0.25) is 5.15 Å². The van der Waals surface area contributed by atoms with E-state index in [1.807, 2.05) is 11.6 Å². The molecule has 1 rings (SSSR count). The lowest BCUT2D eigenvalue weighted by atomic mass is 10.3. The van der Waals surface area contributed by atoms with Gasteiger partial charge in [0.15, 0.2) is 0 Å². The molecule has 1 aromatic rings. The Morgan fingerprint density at radius 3 is 2.93 bits per heavy atom. The summed E-state index contributed by atoms with van der Waals surface area (Å²) in [6.45, 7) is 2.57. The third kappa shape index (κ3) is 4.20. The summed E-state index contributed by atoms with van der Waals surface area (Å²) in [5.41, 5.74) is 0. The molecule has 4 nitrogen and oxygen atoms in total. The minimum absolute atomic E-state index is 0.672. The van der Waals surface area contributed by atoms with E-state index in [9.17, 15) is 0 Å². The Bertz CT molecular complexity index is 288. The van der Waals surface area contributed by atoms with Crippen LogP contribution in [0.15, 0.2) is 6.20 Å². The number of ether oxygens (including phenoxy) is 1. The lowest BCUT2D eigenvalue weighted by Crippen LogP contribution is -2.17. The van der Waals surface area contributed by atoms with Crippen LogP contribution < -0.4 is 5.32 Å². The summed E-state index contributed by atoms with van der Waals surface area (Å²) in [5, 5.41) is 3.99. The molecule has 1 N–H and O–H groups in total. The van der Waals surface area contributed by atoms with Crippen LogP contribution in [0.5, 0.6) is 0 Å². The molecule has 0 unspecified atom stereocenters. The van der Waals surface area contributed by atoms with Crippen molar-refractivity contribution in [3.8, 4) is 0 Å². The smallest absolute Gasteiger partial charge is 0.128 e. The van der Waals surface area contributed by atoms with Gasteiger partial charge in [0.2, 0.25) is 0 Å². The topological polar surface area (TPSA) is 39.1 Å². The number of hydrogen-bond donors (Lipinski definition) is 1. The number of nitrogens with one attached hydrogen (secondary N) is 1. The summed E-state index contributed by atoms with van der Waals surface area (Å²) in [4.78, 5) is 4.19. The minimum Gasteiger partial charge on any atom is -0.385 e. The Hall–Kier alpha value is -0.580. The standard InChI is InChI=1S/C10H18ClN3O/c1-14-9(11)7-13-10(14)8-12-5-3-4-6-15-2/h7,12H,3-6,8H2,1-2H3. The SMILES string of the molecule is COCCCCNCc1ncc(Cl)n1C. The van der Waals surface area contributed by atoms with E-state index in [1.165, 1.54) is 0 Å². The van der Waals surface area contributed by atoms with Crippen molar-refractivity contribution in [3.05, 3.63) is 17.2 Å². The molecule has 1 aromatic heterocycles. The Balaban J connectivity index is 2.12. The Kier molecular flexibility index (Phi) is 5.68. The van der Waals surface area contributed by atoms with Gasteiger partial charge >= 0.3 is 0 Å². The van der Waals surface area contributed by atoms with Crippen LogP contribution >= 0.6 is 11.6 Å². The van der Waals surface area contributed by atoms with Gasteiger partial charge in [0, 0.05) is 20.8 Å². The summed E-state index contributed by atoms with van der Waals surface area (Å²) in [5.74, 6) is 0.965. The first-order valence-electron chi connectivity index (χ1n) is 5.11. The van der Waals surface area contributed by atoms with Gasteiger partial charge in [-0.3, -0.25) is 0 Å². The molecule has 0 amide bonds. The molecule has 5 heteroatoms. The molecule has 0 aliphatic rings. The molecule has 0 saturated carbocycles. The van der Waals surface area contributed by atoms with Gasteiger partial charge in [-0.2, -0.15) is 0 Å². The second kappa shape index (κ2) is 6.82. The number of aromatic nitrogens is 2. The molecular formula is C10H18ClN3O. The molecule has 0 aliphatic heterocycles. The first-order valence-corrected chi connectivity index (χ1v) is 5.49. The summed E-state index contributed by atoms with van der Waals surface area (Å²) in [6, 6.07) is 0. The van der Waals surface area contributed by atoms with E-state index in [0.717, 1.165) is 38.4 Å². The van der Waals surface area contributed by atoms with E-state index >= 15 is 0 Å². The zero-order valence-corrected chi connectivity index (χ0v) is 10.0. The third-order valence-electron chi connectivity index (χ3n) is 2.26. The molecule has 1 heterocycles. The number of nitrogens with zero attached hydrogens (tertiary/aromatic N) is 2. The van der Waals surface area contributed by atoms with E-state index in [0.29, 0.717) is 5.15 Å². The number of rotatable bonds is 7. The van der Waals surface area contributed by atoms with Crippen molar-refractivity contribution >= 4 is 11.6 Å². The lowest BCUT2D eigenvalue weighted by Gasteiger charge is -2.05. The van der Waals surface area contributed by atoms with E-state index in [1.54, 1.807) is 13.3 Å². The largest absolute Gasteiger partial charge is 0.385 e. The molecule has 0 radical (unpaired) electrons. The zero-order chi connectivity index (χ0) is 11.1. The number of imidazole rings is 1. The molecular weight excluding hydrogens is 214 g/mol. The van der Waals surface area contributed by atoms with Crippen molar-refractivity contribution in [1.29, 1.82) is 0 Å². The van der Waals surface area contributed by atoms with Gasteiger partial charge in [0.05, 0.1) is 12.7 Å². The molecule has 15 heavy (non-hydrogen) atoms. The zero-order valence-electron chi connectivity index (χ0n) is 9.29. The fourth-order valence-electron chi connectivity index (χ4n) is 1.29. The van der Waals surface area contributed by atoms with Crippen LogP contribution in [0.4, 0.5) is 0 Å². The quantitative estimate of drug-likeness (QED) is 0.725. The molecule has 86 valence electrons. The van der Waals surface area contributed by atoms with Gasteiger partial charge in [-0.05, 0) is 19.4 Å². The number of hydrogen-bond acceptors (Lipinski definition) is 3. The second-order valence-electron chi connectivity index (χ2n) is 3.43. The monoisotopic (exact) mass is 231 g/mol.